The maximum atomic E-state index is 8.86. The Hall–Kier alpha value is -2.12. The molecule has 0 atom stereocenters. The van der Waals surface area contributed by atoms with Gasteiger partial charge in [-0.25, -0.2) is 4.98 Å². The largest absolute Gasteiger partial charge is 0.365 e. The molecule has 2 saturated heterocycles. The molecule has 0 N–H and O–H groups in total. The highest BCUT2D eigenvalue weighted by Crippen LogP contribution is 2.19. The van der Waals surface area contributed by atoms with Crippen LogP contribution in [-0.4, -0.2) is 79.3 Å². The summed E-state index contributed by atoms with van der Waals surface area (Å²) >= 11 is 0. The molecule has 0 aromatic carbocycles. The van der Waals surface area contributed by atoms with Crippen LogP contribution in [0, 0.1) is 23.2 Å². The molecule has 0 bridgehead atoms. The molecule has 2 aliphatic rings. The van der Waals surface area contributed by atoms with Gasteiger partial charge >= 0.3 is 0 Å². The van der Waals surface area contributed by atoms with E-state index in [9.17, 15) is 0 Å². The maximum absolute atomic E-state index is 8.86. The molecule has 1 aromatic rings. The van der Waals surface area contributed by atoms with Crippen LogP contribution in [0.1, 0.15) is 32.3 Å². The number of ether oxygens (including phenoxy) is 1. The molecule has 6 heteroatoms. The molecule has 3 rings (SSSR count). The standard InChI is InChI=1S/C22H31N5O/c1-19(2)26-14-12-25(13-15-26)9-3-4-16-28-21-7-10-27(11-8-21)22-6-5-20(17-23)18-24-22/h5-6,18-19,21H,7-16H2,1-2H3. The molecule has 0 amide bonds. The number of anilines is 1. The Bertz CT molecular complexity index is 699. The third-order valence-electron chi connectivity index (χ3n) is 5.60. The van der Waals surface area contributed by atoms with E-state index < -0.39 is 0 Å². The molecule has 3 heterocycles. The van der Waals surface area contributed by atoms with E-state index in [1.165, 1.54) is 0 Å². The highest BCUT2D eigenvalue weighted by Gasteiger charge is 2.20. The molecule has 6 nitrogen and oxygen atoms in total. The predicted molar refractivity (Wildman–Crippen MR) is 111 cm³/mol. The van der Waals surface area contributed by atoms with Crippen LogP contribution in [0.15, 0.2) is 18.3 Å². The van der Waals surface area contributed by atoms with Gasteiger partial charge in [-0.05, 0) is 38.8 Å². The number of nitriles is 1. The monoisotopic (exact) mass is 381 g/mol. The van der Waals surface area contributed by atoms with Crippen molar-refractivity contribution in [2.24, 2.45) is 0 Å². The molecule has 1 aromatic heterocycles. The lowest BCUT2D eigenvalue weighted by Gasteiger charge is -2.36. The van der Waals surface area contributed by atoms with Crippen molar-refractivity contribution < 1.29 is 4.74 Å². The lowest BCUT2D eigenvalue weighted by molar-refractivity contribution is 0.0593. The van der Waals surface area contributed by atoms with E-state index in [-0.39, 0.29) is 6.10 Å². The highest BCUT2D eigenvalue weighted by atomic mass is 16.5. The van der Waals surface area contributed by atoms with Gasteiger partial charge in [0.2, 0.25) is 0 Å². The van der Waals surface area contributed by atoms with Gasteiger partial charge in [0, 0.05) is 51.5 Å². The van der Waals surface area contributed by atoms with Gasteiger partial charge in [0.25, 0.3) is 0 Å². The second-order valence-corrected chi connectivity index (χ2v) is 7.77. The van der Waals surface area contributed by atoms with Crippen LogP contribution in [0.5, 0.6) is 0 Å². The first-order valence-electron chi connectivity index (χ1n) is 10.3. The molecule has 150 valence electrons. The summed E-state index contributed by atoms with van der Waals surface area (Å²) in [6, 6.07) is 6.49. The minimum atomic E-state index is 0.276. The molecule has 0 aliphatic carbocycles. The third-order valence-corrected chi connectivity index (χ3v) is 5.60. The number of piperazine rings is 1. The van der Waals surface area contributed by atoms with Crippen molar-refractivity contribution in [3.8, 4) is 17.9 Å². The van der Waals surface area contributed by atoms with Crippen molar-refractivity contribution in [2.45, 2.75) is 38.8 Å². The van der Waals surface area contributed by atoms with E-state index in [1.54, 1.807) is 6.20 Å². The van der Waals surface area contributed by atoms with Crippen molar-refractivity contribution in [1.82, 2.24) is 14.8 Å². The van der Waals surface area contributed by atoms with Crippen LogP contribution in [0.4, 0.5) is 5.82 Å². The number of hydrogen-bond acceptors (Lipinski definition) is 6. The Kier molecular flexibility index (Phi) is 7.68. The number of hydrogen-bond donors (Lipinski definition) is 0. The summed E-state index contributed by atoms with van der Waals surface area (Å²) in [6.07, 6.45) is 3.88. The summed E-state index contributed by atoms with van der Waals surface area (Å²) in [4.78, 5) is 11.6. The van der Waals surface area contributed by atoms with Crippen molar-refractivity contribution >= 4 is 5.82 Å². The average Bonchev–Trinajstić information content (AvgIpc) is 2.74. The summed E-state index contributed by atoms with van der Waals surface area (Å²) in [7, 11) is 0. The first-order chi connectivity index (χ1) is 13.7. The fourth-order valence-corrected chi connectivity index (χ4v) is 3.71. The highest BCUT2D eigenvalue weighted by molar-refractivity contribution is 5.42. The second-order valence-electron chi connectivity index (χ2n) is 7.77. The lowest BCUT2D eigenvalue weighted by Crippen LogP contribution is -2.48. The number of nitrogens with zero attached hydrogens (tertiary/aromatic N) is 5. The number of rotatable bonds is 5. The van der Waals surface area contributed by atoms with Crippen LogP contribution < -0.4 is 4.90 Å². The molecular formula is C22H31N5O. The van der Waals surface area contributed by atoms with E-state index in [2.05, 4.69) is 51.4 Å². The second kappa shape index (κ2) is 10.4. The topological polar surface area (TPSA) is 55.6 Å². The molecule has 0 radical (unpaired) electrons. The Labute approximate surface area is 169 Å². The fourth-order valence-electron chi connectivity index (χ4n) is 3.71. The fraction of sp³-hybridized carbons (Fsp3) is 0.636. The van der Waals surface area contributed by atoms with Crippen LogP contribution >= 0.6 is 0 Å². The van der Waals surface area contributed by atoms with Gasteiger partial charge in [0.05, 0.1) is 18.2 Å². The Balaban J connectivity index is 1.31. The number of pyridine rings is 1. The number of piperidine rings is 1. The smallest absolute Gasteiger partial charge is 0.128 e. The molecule has 2 fully saturated rings. The zero-order valence-corrected chi connectivity index (χ0v) is 17.1. The summed E-state index contributed by atoms with van der Waals surface area (Å²) in [6.45, 7) is 12.2. The van der Waals surface area contributed by atoms with Crippen LogP contribution in [-0.2, 0) is 4.74 Å². The summed E-state index contributed by atoms with van der Waals surface area (Å²) in [5.41, 5.74) is 0.599. The minimum absolute atomic E-state index is 0.276. The van der Waals surface area contributed by atoms with Crippen LogP contribution in [0.25, 0.3) is 0 Å². The van der Waals surface area contributed by atoms with Crippen molar-refractivity contribution in [1.29, 1.82) is 5.26 Å². The van der Waals surface area contributed by atoms with E-state index in [4.69, 9.17) is 10.00 Å². The van der Waals surface area contributed by atoms with Gasteiger partial charge in [-0.15, -0.1) is 0 Å². The summed E-state index contributed by atoms with van der Waals surface area (Å²) in [5, 5.41) is 8.86. The first kappa shape index (κ1) is 20.6. The average molecular weight is 382 g/mol. The normalized spacial score (nSPS) is 19.3. The molecule has 0 spiro atoms. The van der Waals surface area contributed by atoms with E-state index in [0.717, 1.165) is 64.5 Å². The lowest BCUT2D eigenvalue weighted by atomic mass is 10.1. The minimum Gasteiger partial charge on any atom is -0.365 e. The molecular weight excluding hydrogens is 350 g/mol. The van der Waals surface area contributed by atoms with Gasteiger partial charge in [0.1, 0.15) is 18.5 Å². The van der Waals surface area contributed by atoms with Crippen LogP contribution in [0.3, 0.4) is 0 Å². The van der Waals surface area contributed by atoms with Gasteiger partial charge in [0.15, 0.2) is 0 Å². The Morgan fingerprint density at radius 1 is 1.11 bits per heavy atom. The molecule has 0 saturated carbocycles. The van der Waals surface area contributed by atoms with Crippen molar-refractivity contribution in [3.63, 3.8) is 0 Å². The summed E-state index contributed by atoms with van der Waals surface area (Å²) < 4.78 is 5.95. The quantitative estimate of drug-likeness (QED) is 0.727. The predicted octanol–water partition coefficient (Wildman–Crippen LogP) is 1.97. The van der Waals surface area contributed by atoms with Gasteiger partial charge in [-0.1, -0.05) is 11.8 Å². The van der Waals surface area contributed by atoms with Gasteiger partial charge < -0.3 is 9.64 Å². The Morgan fingerprint density at radius 3 is 2.46 bits per heavy atom. The molecule has 2 aliphatic heterocycles. The van der Waals surface area contributed by atoms with Crippen molar-refractivity contribution in [2.75, 3.05) is 57.3 Å². The third kappa shape index (κ3) is 5.94. The number of aromatic nitrogens is 1. The van der Waals surface area contributed by atoms with E-state index in [1.807, 2.05) is 12.1 Å². The van der Waals surface area contributed by atoms with E-state index >= 15 is 0 Å². The van der Waals surface area contributed by atoms with E-state index in [0.29, 0.717) is 18.2 Å². The zero-order chi connectivity index (χ0) is 19.8. The van der Waals surface area contributed by atoms with Gasteiger partial charge in [-0.2, -0.15) is 5.26 Å². The summed E-state index contributed by atoms with van der Waals surface area (Å²) in [5.74, 6) is 7.39. The van der Waals surface area contributed by atoms with Crippen LogP contribution in [0.2, 0.25) is 0 Å². The first-order valence-corrected chi connectivity index (χ1v) is 10.3. The molecule has 28 heavy (non-hydrogen) atoms. The molecule has 0 unspecified atom stereocenters. The van der Waals surface area contributed by atoms with Gasteiger partial charge in [-0.3, -0.25) is 9.80 Å². The zero-order valence-electron chi connectivity index (χ0n) is 17.1. The Morgan fingerprint density at radius 2 is 1.86 bits per heavy atom. The SMILES string of the molecule is CC(C)N1CCN(CC#CCOC2CCN(c3ccc(C#N)cn3)CC2)CC1. The maximum Gasteiger partial charge on any atom is 0.128 e. The van der Waals surface area contributed by atoms with Crippen molar-refractivity contribution in [3.05, 3.63) is 23.9 Å².